The zero-order valence-corrected chi connectivity index (χ0v) is 22.4. The topological polar surface area (TPSA) is 86.9 Å². The summed E-state index contributed by atoms with van der Waals surface area (Å²) in [5.41, 5.74) is 0.877. The van der Waals surface area contributed by atoms with E-state index in [1.54, 1.807) is 31.2 Å². The second kappa shape index (κ2) is 11.3. The number of nitrogens with one attached hydrogen (secondary N) is 3. The number of carbonyl (C=O) groups is 2. The molecule has 1 heterocycles. The molecule has 0 spiro atoms. The molecule has 11 heteroatoms. The number of amides is 2. The van der Waals surface area contributed by atoms with Crippen LogP contribution in [0.2, 0.25) is 5.02 Å². The van der Waals surface area contributed by atoms with Gasteiger partial charge in [-0.25, -0.2) is 4.98 Å². The summed E-state index contributed by atoms with van der Waals surface area (Å²) in [5, 5.41) is 5.86. The summed E-state index contributed by atoms with van der Waals surface area (Å²) < 4.78 is 40.5. The lowest BCUT2D eigenvalue weighted by Crippen LogP contribution is -2.19. The molecule has 4 aromatic rings. The SMILES string of the molecule is Cc1c(Cl)cccc1NC(=O)c1cc(NC(=O)c2ccccc2C(F)(F)F)cc2[nH]c(C3CCCC3)nc12.Cl. The van der Waals surface area contributed by atoms with Crippen LogP contribution in [0.15, 0.2) is 54.6 Å². The lowest BCUT2D eigenvalue weighted by atomic mass is 10.1. The molecule has 0 saturated heterocycles. The van der Waals surface area contributed by atoms with Crippen molar-refractivity contribution in [3.63, 3.8) is 0 Å². The third-order valence-electron chi connectivity index (χ3n) is 6.84. The molecule has 0 aliphatic heterocycles. The summed E-state index contributed by atoms with van der Waals surface area (Å²) >= 11 is 6.20. The Morgan fingerprint density at radius 3 is 2.38 bits per heavy atom. The number of fused-ring (bicyclic) bond motifs is 1. The van der Waals surface area contributed by atoms with Gasteiger partial charge in [0.2, 0.25) is 0 Å². The summed E-state index contributed by atoms with van der Waals surface area (Å²) in [7, 11) is 0. The van der Waals surface area contributed by atoms with Crippen molar-refractivity contribution in [1.82, 2.24) is 9.97 Å². The summed E-state index contributed by atoms with van der Waals surface area (Å²) in [6.07, 6.45) is -0.578. The zero-order valence-electron chi connectivity index (χ0n) is 20.8. The Hall–Kier alpha value is -3.56. The van der Waals surface area contributed by atoms with Gasteiger partial charge in [-0.2, -0.15) is 13.2 Å². The predicted octanol–water partition coefficient (Wildman–Crippen LogP) is 8.13. The number of aromatic nitrogens is 2. The maximum Gasteiger partial charge on any atom is 0.417 e. The Morgan fingerprint density at radius 1 is 0.974 bits per heavy atom. The minimum absolute atomic E-state index is 0. The number of halogens is 5. The summed E-state index contributed by atoms with van der Waals surface area (Å²) in [4.78, 5) is 34.4. The molecule has 3 N–H and O–H groups in total. The molecule has 1 fully saturated rings. The van der Waals surface area contributed by atoms with E-state index in [0.717, 1.165) is 43.6 Å². The molecule has 0 atom stereocenters. The van der Waals surface area contributed by atoms with Gasteiger partial charge < -0.3 is 15.6 Å². The van der Waals surface area contributed by atoms with E-state index < -0.39 is 29.1 Å². The van der Waals surface area contributed by atoms with Crippen molar-refractivity contribution in [1.29, 1.82) is 0 Å². The number of hydrogen-bond donors (Lipinski definition) is 3. The monoisotopic (exact) mass is 576 g/mol. The summed E-state index contributed by atoms with van der Waals surface area (Å²) in [6.45, 7) is 1.77. The van der Waals surface area contributed by atoms with Crippen molar-refractivity contribution in [2.24, 2.45) is 0 Å². The lowest BCUT2D eigenvalue weighted by Gasteiger charge is -2.14. The first-order chi connectivity index (χ1) is 18.1. The molecule has 1 aliphatic carbocycles. The third kappa shape index (κ3) is 5.89. The van der Waals surface area contributed by atoms with Crippen molar-refractivity contribution in [3.8, 4) is 0 Å². The summed E-state index contributed by atoms with van der Waals surface area (Å²) in [5.74, 6) is -0.456. The number of carbonyl (C=O) groups excluding carboxylic acids is 2. The molecule has 1 aromatic heterocycles. The van der Waals surface area contributed by atoms with Gasteiger partial charge in [0.05, 0.1) is 22.2 Å². The molecule has 0 unspecified atom stereocenters. The van der Waals surface area contributed by atoms with Crippen LogP contribution in [0, 0.1) is 6.92 Å². The number of imidazole rings is 1. The highest BCUT2D eigenvalue weighted by atomic mass is 35.5. The quantitative estimate of drug-likeness (QED) is 0.224. The van der Waals surface area contributed by atoms with E-state index in [-0.39, 0.29) is 29.6 Å². The minimum atomic E-state index is -4.70. The smallest absolute Gasteiger partial charge is 0.342 e. The van der Waals surface area contributed by atoms with E-state index in [1.165, 1.54) is 18.2 Å². The van der Waals surface area contributed by atoms with Crippen molar-refractivity contribution in [3.05, 3.63) is 87.7 Å². The molecule has 0 radical (unpaired) electrons. The third-order valence-corrected chi connectivity index (χ3v) is 7.25. The number of H-pyrrole nitrogens is 1. The van der Waals surface area contributed by atoms with Crippen LogP contribution < -0.4 is 10.6 Å². The van der Waals surface area contributed by atoms with Crippen LogP contribution in [0.1, 0.15) is 69.3 Å². The average molecular weight is 577 g/mol. The fourth-order valence-corrected chi connectivity index (χ4v) is 5.01. The number of benzene rings is 3. The highest BCUT2D eigenvalue weighted by Crippen LogP contribution is 2.36. The Bertz CT molecular complexity index is 1550. The van der Waals surface area contributed by atoms with Crippen LogP contribution >= 0.6 is 24.0 Å². The van der Waals surface area contributed by atoms with Gasteiger partial charge >= 0.3 is 6.18 Å². The highest BCUT2D eigenvalue weighted by Gasteiger charge is 2.35. The van der Waals surface area contributed by atoms with Crippen LogP contribution in [0.4, 0.5) is 24.5 Å². The second-order valence-electron chi connectivity index (χ2n) is 9.39. The van der Waals surface area contributed by atoms with E-state index in [2.05, 4.69) is 15.6 Å². The Kier molecular flexibility index (Phi) is 8.23. The van der Waals surface area contributed by atoms with Gasteiger partial charge in [-0.15, -0.1) is 12.4 Å². The van der Waals surface area contributed by atoms with Crippen LogP contribution in [0.5, 0.6) is 0 Å². The molecular formula is C28H25Cl2F3N4O2. The Morgan fingerprint density at radius 2 is 1.67 bits per heavy atom. The van der Waals surface area contributed by atoms with E-state index in [4.69, 9.17) is 16.6 Å². The van der Waals surface area contributed by atoms with Crippen molar-refractivity contribution >= 4 is 58.2 Å². The van der Waals surface area contributed by atoms with Gasteiger partial charge in [0, 0.05) is 22.3 Å². The fourth-order valence-electron chi connectivity index (χ4n) is 4.83. The van der Waals surface area contributed by atoms with Crippen LogP contribution in [-0.2, 0) is 6.18 Å². The first-order valence-electron chi connectivity index (χ1n) is 12.2. The Balaban J connectivity index is 0.00000353. The summed E-state index contributed by atoms with van der Waals surface area (Å²) in [6, 6.07) is 12.7. The van der Waals surface area contributed by atoms with Crippen LogP contribution in [0.3, 0.4) is 0 Å². The maximum atomic E-state index is 13.5. The first-order valence-corrected chi connectivity index (χ1v) is 12.6. The van der Waals surface area contributed by atoms with Crippen LogP contribution in [-0.4, -0.2) is 21.8 Å². The molecule has 5 rings (SSSR count). The second-order valence-corrected chi connectivity index (χ2v) is 9.79. The van der Waals surface area contributed by atoms with Gasteiger partial charge in [0.25, 0.3) is 11.8 Å². The zero-order chi connectivity index (χ0) is 27.0. The molecule has 6 nitrogen and oxygen atoms in total. The molecule has 2 amide bonds. The van der Waals surface area contributed by atoms with E-state index in [1.807, 2.05) is 0 Å². The molecule has 1 saturated carbocycles. The van der Waals surface area contributed by atoms with E-state index in [9.17, 15) is 22.8 Å². The minimum Gasteiger partial charge on any atom is -0.342 e. The predicted molar refractivity (Wildman–Crippen MR) is 148 cm³/mol. The van der Waals surface area contributed by atoms with Gasteiger partial charge in [-0.1, -0.05) is 42.6 Å². The largest absolute Gasteiger partial charge is 0.417 e. The van der Waals surface area contributed by atoms with Crippen LogP contribution in [0.25, 0.3) is 11.0 Å². The highest BCUT2D eigenvalue weighted by molar-refractivity contribution is 6.31. The molecule has 0 bridgehead atoms. The first kappa shape index (κ1) is 28.4. The molecule has 204 valence electrons. The van der Waals surface area contributed by atoms with Crippen molar-refractivity contribution < 1.29 is 22.8 Å². The number of nitrogens with zero attached hydrogens (tertiary/aromatic N) is 1. The number of aromatic amines is 1. The fraction of sp³-hybridized carbons (Fsp3) is 0.250. The van der Waals surface area contributed by atoms with Crippen molar-refractivity contribution in [2.75, 3.05) is 10.6 Å². The normalized spacial score (nSPS) is 13.8. The van der Waals surface area contributed by atoms with E-state index >= 15 is 0 Å². The number of alkyl halides is 3. The average Bonchev–Trinajstić information content (AvgIpc) is 3.56. The lowest BCUT2D eigenvalue weighted by molar-refractivity contribution is -0.137. The molecular weight excluding hydrogens is 552 g/mol. The maximum absolute atomic E-state index is 13.5. The van der Waals surface area contributed by atoms with Gasteiger partial charge in [0.1, 0.15) is 11.3 Å². The van der Waals surface area contributed by atoms with Gasteiger partial charge in [0.15, 0.2) is 0 Å². The number of hydrogen-bond acceptors (Lipinski definition) is 3. The molecule has 39 heavy (non-hydrogen) atoms. The van der Waals surface area contributed by atoms with Gasteiger partial charge in [-0.05, 0) is 61.7 Å². The van der Waals surface area contributed by atoms with Crippen molar-refractivity contribution in [2.45, 2.75) is 44.7 Å². The number of anilines is 2. The number of rotatable bonds is 5. The molecule has 1 aliphatic rings. The Labute approximate surface area is 233 Å². The van der Waals surface area contributed by atoms with Gasteiger partial charge in [-0.3, -0.25) is 9.59 Å². The molecule has 3 aromatic carbocycles. The van der Waals surface area contributed by atoms with E-state index in [0.29, 0.717) is 27.3 Å². The standard InChI is InChI=1S/C28H24ClF3N4O2.ClH/c1-15-21(29)11-6-12-22(15)35-27(38)19-13-17(14-23-24(19)36-25(34-23)16-7-2-3-8-16)33-26(37)18-9-4-5-10-20(18)28(30,31)32;/h4-6,9-14,16H,2-3,7-8H2,1H3,(H,33,37)(H,34,36)(H,35,38);1H.